The van der Waals surface area contributed by atoms with Crippen molar-refractivity contribution in [2.75, 3.05) is 12.9 Å². The van der Waals surface area contributed by atoms with Gasteiger partial charge in [0.05, 0.1) is 17.7 Å². The van der Waals surface area contributed by atoms with E-state index in [1.54, 1.807) is 30.2 Å². The van der Waals surface area contributed by atoms with Crippen molar-refractivity contribution >= 4 is 29.2 Å². The quantitative estimate of drug-likeness (QED) is 0.364. The van der Waals surface area contributed by atoms with Gasteiger partial charge in [-0.15, -0.1) is 21.5 Å². The van der Waals surface area contributed by atoms with Gasteiger partial charge in [-0.1, -0.05) is 60.3 Å². The Morgan fingerprint density at radius 1 is 1.00 bits per heavy atom. The molecule has 4 rings (SSSR count). The highest BCUT2D eigenvalue weighted by Crippen LogP contribution is 2.31. The lowest BCUT2D eigenvalue weighted by Crippen LogP contribution is -1.99. The second kappa shape index (κ2) is 8.91. The van der Waals surface area contributed by atoms with Crippen molar-refractivity contribution < 1.29 is 4.74 Å². The van der Waals surface area contributed by atoms with Gasteiger partial charge >= 0.3 is 0 Å². The van der Waals surface area contributed by atoms with Crippen molar-refractivity contribution in [3.63, 3.8) is 0 Å². The summed E-state index contributed by atoms with van der Waals surface area (Å²) in [7, 11) is 1.67. The zero-order valence-corrected chi connectivity index (χ0v) is 17.0. The van der Waals surface area contributed by atoms with Crippen molar-refractivity contribution in [1.82, 2.24) is 14.8 Å². The second-order valence-corrected chi connectivity index (χ2v) is 7.88. The lowest BCUT2D eigenvalue weighted by Gasteiger charge is -2.10. The summed E-state index contributed by atoms with van der Waals surface area (Å²) in [5, 5.41) is 11.8. The number of thiophene rings is 1. The zero-order valence-electron chi connectivity index (χ0n) is 15.4. The molecule has 0 amide bonds. The largest absolute Gasteiger partial charge is 0.497 e. The van der Waals surface area contributed by atoms with Crippen molar-refractivity contribution in [2.45, 2.75) is 5.16 Å². The van der Waals surface area contributed by atoms with Crippen LogP contribution in [0.15, 0.2) is 83.3 Å². The maximum atomic E-state index is 5.29. The highest BCUT2D eigenvalue weighted by atomic mass is 32.2. The molecular formula is C22H19N3OS2. The first-order chi connectivity index (χ1) is 13.8. The zero-order chi connectivity index (χ0) is 19.2. The number of methoxy groups -OCH3 is 1. The van der Waals surface area contributed by atoms with Crippen LogP contribution in [0.4, 0.5) is 0 Å². The molecule has 4 aromatic rings. The summed E-state index contributed by atoms with van der Waals surface area (Å²) in [5.74, 6) is 2.50. The molecule has 140 valence electrons. The van der Waals surface area contributed by atoms with Crippen molar-refractivity contribution in [2.24, 2.45) is 0 Å². The average Bonchev–Trinajstić information content (AvgIpc) is 3.42. The number of nitrogens with zero attached hydrogens (tertiary/aromatic N) is 3. The lowest BCUT2D eigenvalue weighted by molar-refractivity contribution is 0.414. The average molecular weight is 406 g/mol. The van der Waals surface area contributed by atoms with Crippen molar-refractivity contribution in [3.8, 4) is 22.1 Å². The third-order valence-corrected chi connectivity index (χ3v) is 5.87. The monoisotopic (exact) mass is 405 g/mol. The highest BCUT2D eigenvalue weighted by molar-refractivity contribution is 7.99. The fraction of sp³-hybridized carbons (Fsp3) is 0.0909. The third kappa shape index (κ3) is 4.18. The van der Waals surface area contributed by atoms with Gasteiger partial charge in [0.2, 0.25) is 0 Å². The van der Waals surface area contributed by atoms with Crippen LogP contribution in [0.1, 0.15) is 5.56 Å². The summed E-state index contributed by atoms with van der Waals surface area (Å²) in [5.41, 5.74) is 2.21. The second-order valence-electron chi connectivity index (χ2n) is 5.94. The minimum absolute atomic E-state index is 0.813. The fourth-order valence-corrected chi connectivity index (χ4v) is 4.22. The van der Waals surface area contributed by atoms with E-state index in [1.807, 2.05) is 48.5 Å². The molecule has 0 aliphatic heterocycles. The van der Waals surface area contributed by atoms with E-state index in [0.717, 1.165) is 33.0 Å². The lowest BCUT2D eigenvalue weighted by atomic mass is 10.2. The maximum absolute atomic E-state index is 5.29. The molecule has 28 heavy (non-hydrogen) atoms. The van der Waals surface area contributed by atoms with E-state index in [0.29, 0.717) is 0 Å². The fourth-order valence-electron chi connectivity index (χ4n) is 2.76. The van der Waals surface area contributed by atoms with Gasteiger partial charge in [-0.05, 0) is 41.3 Å². The number of rotatable bonds is 7. The Balaban J connectivity index is 1.60. The number of thioether (sulfide) groups is 1. The summed E-state index contributed by atoms with van der Waals surface area (Å²) in [4.78, 5) is 1.09. The van der Waals surface area contributed by atoms with E-state index in [9.17, 15) is 0 Å². The predicted molar refractivity (Wildman–Crippen MR) is 117 cm³/mol. The van der Waals surface area contributed by atoms with Gasteiger partial charge < -0.3 is 4.74 Å². The summed E-state index contributed by atoms with van der Waals surface area (Å²) in [6.07, 6.45) is 4.28. The van der Waals surface area contributed by atoms with Crippen LogP contribution >= 0.6 is 23.1 Å². The first-order valence-corrected chi connectivity index (χ1v) is 10.7. The summed E-state index contributed by atoms with van der Waals surface area (Å²) in [6.45, 7) is 0. The molecule has 0 bridgehead atoms. The number of aromatic nitrogens is 3. The van der Waals surface area contributed by atoms with Crippen LogP contribution in [0, 0.1) is 0 Å². The minimum atomic E-state index is 0.813. The van der Waals surface area contributed by atoms with Gasteiger partial charge in [0.25, 0.3) is 0 Å². The van der Waals surface area contributed by atoms with E-state index in [1.165, 1.54) is 5.56 Å². The third-order valence-electron chi connectivity index (χ3n) is 4.12. The Morgan fingerprint density at radius 2 is 1.82 bits per heavy atom. The molecule has 0 saturated heterocycles. The molecule has 0 N–H and O–H groups in total. The Kier molecular flexibility index (Phi) is 5.89. The SMILES string of the molecule is COc1ccc(-n2c(SC/C=C/c3ccccc3)nnc2-c2cccs2)cc1. The summed E-state index contributed by atoms with van der Waals surface area (Å²) >= 11 is 3.33. The van der Waals surface area contributed by atoms with Crippen molar-refractivity contribution in [1.29, 1.82) is 0 Å². The van der Waals surface area contributed by atoms with Crippen LogP contribution in [0.2, 0.25) is 0 Å². The molecule has 2 aromatic heterocycles. The highest BCUT2D eigenvalue weighted by Gasteiger charge is 2.16. The van der Waals surface area contributed by atoms with E-state index in [2.05, 4.69) is 50.5 Å². The van der Waals surface area contributed by atoms with E-state index in [4.69, 9.17) is 4.74 Å². The van der Waals surface area contributed by atoms with Crippen molar-refractivity contribution in [3.05, 3.63) is 83.7 Å². The Labute approximate surface area is 172 Å². The molecule has 0 radical (unpaired) electrons. The standard InChI is InChI=1S/C22H19N3OS2/c1-26-19-13-11-18(12-14-19)25-21(20-10-6-15-27-20)23-24-22(25)28-16-5-9-17-7-3-2-4-8-17/h2-15H,16H2,1H3/b9-5+. The topological polar surface area (TPSA) is 39.9 Å². The van der Waals surface area contributed by atoms with Gasteiger partial charge in [0.15, 0.2) is 11.0 Å². The summed E-state index contributed by atoms with van der Waals surface area (Å²) in [6, 6.07) is 22.4. The first kappa shape index (κ1) is 18.5. The molecule has 0 saturated carbocycles. The van der Waals surface area contributed by atoms with Crippen LogP contribution in [-0.2, 0) is 0 Å². The predicted octanol–water partition coefficient (Wildman–Crippen LogP) is 5.81. The smallest absolute Gasteiger partial charge is 0.196 e. The van der Waals surface area contributed by atoms with E-state index in [-0.39, 0.29) is 0 Å². The molecule has 2 aromatic carbocycles. The van der Waals surface area contributed by atoms with Crippen LogP contribution in [-0.4, -0.2) is 27.6 Å². The molecule has 0 aliphatic rings. The van der Waals surface area contributed by atoms with Gasteiger partial charge in [-0.3, -0.25) is 4.57 Å². The Morgan fingerprint density at radius 3 is 2.54 bits per heavy atom. The summed E-state index contributed by atoms with van der Waals surface area (Å²) < 4.78 is 7.39. The normalized spacial score (nSPS) is 11.2. The van der Waals surface area contributed by atoms with E-state index >= 15 is 0 Å². The maximum Gasteiger partial charge on any atom is 0.196 e. The number of hydrogen-bond donors (Lipinski definition) is 0. The number of benzene rings is 2. The molecular weight excluding hydrogens is 386 g/mol. The van der Waals surface area contributed by atoms with E-state index < -0.39 is 0 Å². The minimum Gasteiger partial charge on any atom is -0.497 e. The molecule has 0 unspecified atom stereocenters. The molecule has 2 heterocycles. The van der Waals surface area contributed by atoms with Gasteiger partial charge in [-0.2, -0.15) is 0 Å². The number of hydrogen-bond acceptors (Lipinski definition) is 5. The van der Waals surface area contributed by atoms with Gasteiger partial charge in [0.1, 0.15) is 5.75 Å². The molecule has 0 spiro atoms. The van der Waals surface area contributed by atoms with Gasteiger partial charge in [0, 0.05) is 5.75 Å². The van der Waals surface area contributed by atoms with Gasteiger partial charge in [-0.25, -0.2) is 0 Å². The molecule has 4 nitrogen and oxygen atoms in total. The van der Waals surface area contributed by atoms with Crippen LogP contribution < -0.4 is 4.74 Å². The number of ether oxygens (including phenoxy) is 1. The van der Waals surface area contributed by atoms with Crippen LogP contribution in [0.25, 0.3) is 22.5 Å². The molecule has 0 aliphatic carbocycles. The van der Waals surface area contributed by atoms with Crippen LogP contribution in [0.3, 0.4) is 0 Å². The Bertz CT molecular complexity index is 1040. The molecule has 0 fully saturated rings. The molecule has 0 atom stereocenters. The van der Waals surface area contributed by atoms with Crippen LogP contribution in [0.5, 0.6) is 5.75 Å². The first-order valence-electron chi connectivity index (χ1n) is 8.83. The molecule has 6 heteroatoms. The Hall–Kier alpha value is -2.83.